The van der Waals surface area contributed by atoms with E-state index in [1.165, 1.54) is 7.05 Å². The molecule has 6 heteroatoms. The molecule has 2 aromatic carbocycles. The van der Waals surface area contributed by atoms with Crippen molar-refractivity contribution in [3.8, 4) is 0 Å². The number of thioether (sulfide) groups is 1. The fraction of sp³-hybridized carbons (Fsp3) is 0.222. The molecule has 122 valence electrons. The fourth-order valence-corrected chi connectivity index (χ4v) is 5.00. The smallest absolute Gasteiger partial charge is 0.408 e. The normalized spacial score (nSPS) is 24.5. The Morgan fingerprint density at radius 2 is 1.92 bits per heavy atom. The van der Waals surface area contributed by atoms with E-state index in [1.807, 2.05) is 54.6 Å². The van der Waals surface area contributed by atoms with Crippen molar-refractivity contribution in [2.24, 2.45) is 0 Å². The Kier molecular flexibility index (Phi) is 3.49. The summed E-state index contributed by atoms with van der Waals surface area (Å²) < 4.78 is 5.46. The van der Waals surface area contributed by atoms with Gasteiger partial charge in [-0.15, -0.1) is 11.8 Å². The first-order valence-corrected chi connectivity index (χ1v) is 8.68. The van der Waals surface area contributed by atoms with Gasteiger partial charge in [0.05, 0.1) is 5.75 Å². The third-order valence-corrected chi connectivity index (χ3v) is 5.94. The van der Waals surface area contributed by atoms with Gasteiger partial charge in [-0.2, -0.15) is 0 Å². The van der Waals surface area contributed by atoms with Crippen LogP contribution < -0.4 is 5.32 Å². The van der Waals surface area contributed by atoms with Crippen LogP contribution >= 0.6 is 11.8 Å². The van der Waals surface area contributed by atoms with Crippen LogP contribution in [0.4, 0.5) is 4.79 Å². The van der Waals surface area contributed by atoms with E-state index < -0.39 is 17.2 Å². The summed E-state index contributed by atoms with van der Waals surface area (Å²) in [5.74, 6) is 0.427. The van der Waals surface area contributed by atoms with Crippen molar-refractivity contribution in [3.05, 3.63) is 71.3 Å². The second kappa shape index (κ2) is 5.56. The summed E-state index contributed by atoms with van der Waals surface area (Å²) in [6.45, 7) is 0. The van der Waals surface area contributed by atoms with Gasteiger partial charge in [0.2, 0.25) is 0 Å². The Bertz CT molecular complexity index is 811. The van der Waals surface area contributed by atoms with Gasteiger partial charge in [0.15, 0.2) is 6.23 Å². The van der Waals surface area contributed by atoms with Crippen molar-refractivity contribution in [2.45, 2.75) is 11.1 Å². The third-order valence-electron chi connectivity index (χ3n) is 4.42. The Labute approximate surface area is 144 Å². The Balaban J connectivity index is 1.87. The maximum atomic E-state index is 13.0. The number of ether oxygens (including phenoxy) is 1. The van der Waals surface area contributed by atoms with E-state index in [0.29, 0.717) is 11.3 Å². The molecule has 1 saturated heterocycles. The molecule has 2 unspecified atom stereocenters. The van der Waals surface area contributed by atoms with Gasteiger partial charge < -0.3 is 10.1 Å². The average Bonchev–Trinajstić information content (AvgIpc) is 3.12. The molecule has 0 aromatic heterocycles. The topological polar surface area (TPSA) is 58.6 Å². The number of fused-ring (bicyclic) bond motifs is 3. The van der Waals surface area contributed by atoms with Crippen molar-refractivity contribution >= 4 is 23.8 Å². The summed E-state index contributed by atoms with van der Waals surface area (Å²) in [7, 11) is 1.51. The van der Waals surface area contributed by atoms with Gasteiger partial charge in [-0.3, -0.25) is 9.69 Å². The zero-order valence-electron chi connectivity index (χ0n) is 13.1. The Morgan fingerprint density at radius 1 is 1.21 bits per heavy atom. The third kappa shape index (κ3) is 1.96. The van der Waals surface area contributed by atoms with Gasteiger partial charge in [0.1, 0.15) is 4.87 Å². The molecule has 1 N–H and O–H groups in total. The van der Waals surface area contributed by atoms with E-state index in [2.05, 4.69) is 5.32 Å². The van der Waals surface area contributed by atoms with Crippen molar-refractivity contribution < 1.29 is 14.3 Å². The fourth-order valence-electron chi connectivity index (χ4n) is 3.43. The number of alkyl carbamates (subject to hydrolysis) is 1. The highest BCUT2D eigenvalue weighted by Gasteiger charge is 2.59. The van der Waals surface area contributed by atoms with Crippen LogP contribution in [0.25, 0.3) is 0 Å². The molecule has 5 nitrogen and oxygen atoms in total. The maximum absolute atomic E-state index is 13.0. The van der Waals surface area contributed by atoms with Crippen molar-refractivity contribution in [3.63, 3.8) is 0 Å². The van der Waals surface area contributed by atoms with Crippen LogP contribution in [0.1, 0.15) is 21.5 Å². The van der Waals surface area contributed by atoms with Gasteiger partial charge in [-0.05, 0) is 11.6 Å². The number of nitrogens with one attached hydrogen (secondary N) is 1. The highest BCUT2D eigenvalue weighted by atomic mass is 32.2. The summed E-state index contributed by atoms with van der Waals surface area (Å²) in [6, 6.07) is 17.5. The highest BCUT2D eigenvalue weighted by molar-refractivity contribution is 8.00. The Morgan fingerprint density at radius 3 is 2.67 bits per heavy atom. The van der Waals surface area contributed by atoms with Crippen LogP contribution in [-0.2, 0) is 9.61 Å². The first-order chi connectivity index (χ1) is 11.7. The first kappa shape index (κ1) is 15.1. The zero-order chi connectivity index (χ0) is 16.7. The molecular formula is C18H16N2O3S. The van der Waals surface area contributed by atoms with Crippen molar-refractivity contribution in [1.29, 1.82) is 0 Å². The molecule has 2 heterocycles. The lowest BCUT2D eigenvalue weighted by Gasteiger charge is -2.34. The number of hydrogen-bond donors (Lipinski definition) is 1. The first-order valence-electron chi connectivity index (χ1n) is 7.69. The van der Waals surface area contributed by atoms with Crippen molar-refractivity contribution in [2.75, 3.05) is 12.8 Å². The van der Waals surface area contributed by atoms with E-state index >= 15 is 0 Å². The molecule has 0 spiro atoms. The molecule has 24 heavy (non-hydrogen) atoms. The SMILES string of the molecule is CNC(=O)OC1CSC2(c3ccccc3)c3ccccc3C(=O)N12. The Hall–Kier alpha value is -2.47. The molecular weight excluding hydrogens is 324 g/mol. The quantitative estimate of drug-likeness (QED) is 0.913. The number of carbonyl (C=O) groups excluding carboxylic acids is 2. The number of amides is 2. The maximum Gasteiger partial charge on any atom is 0.408 e. The predicted molar refractivity (Wildman–Crippen MR) is 91.6 cm³/mol. The van der Waals surface area contributed by atoms with Crippen LogP contribution in [0.3, 0.4) is 0 Å². The molecule has 2 amide bonds. The highest BCUT2D eigenvalue weighted by Crippen LogP contribution is 2.57. The molecule has 0 saturated carbocycles. The van der Waals surface area contributed by atoms with Gasteiger partial charge in [0.25, 0.3) is 5.91 Å². The largest absolute Gasteiger partial charge is 0.424 e. The van der Waals surface area contributed by atoms with E-state index in [1.54, 1.807) is 16.7 Å². The summed E-state index contributed by atoms with van der Waals surface area (Å²) >= 11 is 1.62. The molecule has 2 aromatic rings. The van der Waals surface area contributed by atoms with Crippen molar-refractivity contribution in [1.82, 2.24) is 10.2 Å². The van der Waals surface area contributed by atoms with Crippen LogP contribution in [-0.4, -0.2) is 35.9 Å². The lowest BCUT2D eigenvalue weighted by atomic mass is 9.97. The lowest BCUT2D eigenvalue weighted by molar-refractivity contribution is 0.00192. The number of hydrogen-bond acceptors (Lipinski definition) is 4. The van der Waals surface area contributed by atoms with Gasteiger partial charge in [-0.1, -0.05) is 48.5 Å². The van der Waals surface area contributed by atoms with Gasteiger partial charge in [-0.25, -0.2) is 4.79 Å². The van der Waals surface area contributed by atoms with Gasteiger partial charge >= 0.3 is 6.09 Å². The lowest BCUT2D eigenvalue weighted by Crippen LogP contribution is -2.46. The standard InChI is InChI=1S/C18H16N2O3S/c1-19-17(22)23-15-11-24-18(12-7-3-2-4-8-12)14-10-6-5-9-13(14)16(21)20(15)18/h2-10,15H,11H2,1H3,(H,19,22). The minimum Gasteiger partial charge on any atom is -0.424 e. The van der Waals surface area contributed by atoms with E-state index in [0.717, 1.165) is 11.1 Å². The van der Waals surface area contributed by atoms with E-state index in [9.17, 15) is 9.59 Å². The minimum absolute atomic E-state index is 0.103. The van der Waals surface area contributed by atoms with E-state index in [4.69, 9.17) is 4.74 Å². The summed E-state index contributed by atoms with van der Waals surface area (Å²) in [5.41, 5.74) is 2.63. The van der Waals surface area contributed by atoms with Gasteiger partial charge in [0, 0.05) is 18.2 Å². The second-order valence-electron chi connectivity index (χ2n) is 5.65. The molecule has 4 rings (SSSR count). The van der Waals surface area contributed by atoms with E-state index in [-0.39, 0.29) is 5.91 Å². The van der Waals surface area contributed by atoms with Crippen LogP contribution in [0.15, 0.2) is 54.6 Å². The molecule has 2 atom stereocenters. The molecule has 2 aliphatic heterocycles. The molecule has 0 bridgehead atoms. The second-order valence-corrected chi connectivity index (χ2v) is 6.86. The summed E-state index contributed by atoms with van der Waals surface area (Å²) in [6.07, 6.45) is -1.14. The number of nitrogens with zero attached hydrogens (tertiary/aromatic N) is 1. The van der Waals surface area contributed by atoms with Crippen LogP contribution in [0.2, 0.25) is 0 Å². The monoisotopic (exact) mass is 340 g/mol. The molecule has 2 aliphatic rings. The molecule has 1 fully saturated rings. The number of carbonyl (C=O) groups is 2. The van der Waals surface area contributed by atoms with Crippen LogP contribution in [0.5, 0.6) is 0 Å². The van der Waals surface area contributed by atoms with Crippen LogP contribution in [0, 0.1) is 0 Å². The summed E-state index contributed by atoms with van der Waals surface area (Å²) in [5, 5.41) is 2.45. The minimum atomic E-state index is -0.645. The number of rotatable bonds is 2. The number of benzene rings is 2. The average molecular weight is 340 g/mol. The zero-order valence-corrected chi connectivity index (χ0v) is 13.9. The molecule has 0 aliphatic carbocycles. The molecule has 0 radical (unpaired) electrons. The summed E-state index contributed by atoms with van der Waals surface area (Å²) in [4.78, 5) is 25.8. The predicted octanol–water partition coefficient (Wildman–Crippen LogP) is 2.77.